The lowest BCUT2D eigenvalue weighted by molar-refractivity contribution is -0.144. The summed E-state index contributed by atoms with van der Waals surface area (Å²) in [7, 11) is 1.66. The van der Waals surface area contributed by atoms with E-state index in [2.05, 4.69) is 6.92 Å². The number of carbonyl (C=O) groups excluding carboxylic acids is 1. The van der Waals surface area contributed by atoms with E-state index < -0.39 is 0 Å². The van der Waals surface area contributed by atoms with Crippen LogP contribution in [-0.2, 0) is 14.3 Å². The molecular formula is C10H20O3. The van der Waals surface area contributed by atoms with Gasteiger partial charge in [-0.05, 0) is 13.3 Å². The fourth-order valence-electron chi connectivity index (χ4n) is 0.850. The molecule has 0 aliphatic heterocycles. The zero-order chi connectivity index (χ0) is 10.1. The molecule has 3 heteroatoms. The lowest BCUT2D eigenvalue weighted by atomic mass is 10.2. The SMILES string of the molecule is CCCCC(=O)OCCC(C)OC. The molecule has 0 radical (unpaired) electrons. The second-order valence-electron chi connectivity index (χ2n) is 3.16. The Bertz CT molecular complexity index is 134. The molecular weight excluding hydrogens is 168 g/mol. The molecule has 13 heavy (non-hydrogen) atoms. The summed E-state index contributed by atoms with van der Waals surface area (Å²) in [6.07, 6.45) is 3.42. The predicted molar refractivity (Wildman–Crippen MR) is 51.6 cm³/mol. The molecule has 0 saturated carbocycles. The lowest BCUT2D eigenvalue weighted by Crippen LogP contribution is -2.12. The van der Waals surface area contributed by atoms with Crippen molar-refractivity contribution in [2.75, 3.05) is 13.7 Å². The second kappa shape index (κ2) is 8.05. The third-order valence-electron chi connectivity index (χ3n) is 1.92. The Labute approximate surface area is 80.4 Å². The largest absolute Gasteiger partial charge is 0.466 e. The number of hydrogen-bond acceptors (Lipinski definition) is 3. The number of carbonyl (C=O) groups is 1. The first-order chi connectivity index (χ1) is 6.20. The van der Waals surface area contributed by atoms with Crippen molar-refractivity contribution in [3.8, 4) is 0 Å². The Morgan fingerprint density at radius 2 is 2.15 bits per heavy atom. The highest BCUT2D eigenvalue weighted by Crippen LogP contribution is 1.99. The van der Waals surface area contributed by atoms with Crippen molar-refractivity contribution in [3.63, 3.8) is 0 Å². The second-order valence-corrected chi connectivity index (χ2v) is 3.16. The van der Waals surface area contributed by atoms with Gasteiger partial charge in [0, 0.05) is 20.0 Å². The van der Waals surface area contributed by atoms with Gasteiger partial charge in [0.05, 0.1) is 12.7 Å². The van der Waals surface area contributed by atoms with Gasteiger partial charge in [0.2, 0.25) is 0 Å². The Balaban J connectivity index is 3.26. The van der Waals surface area contributed by atoms with Gasteiger partial charge in [0.25, 0.3) is 0 Å². The van der Waals surface area contributed by atoms with Crippen molar-refractivity contribution in [3.05, 3.63) is 0 Å². The molecule has 0 rings (SSSR count). The Morgan fingerprint density at radius 1 is 1.46 bits per heavy atom. The standard InChI is InChI=1S/C10H20O3/c1-4-5-6-10(11)13-8-7-9(2)12-3/h9H,4-8H2,1-3H3. The number of ether oxygens (including phenoxy) is 2. The molecule has 0 aromatic rings. The highest BCUT2D eigenvalue weighted by Gasteiger charge is 2.03. The predicted octanol–water partition coefficient (Wildman–Crippen LogP) is 2.14. The van der Waals surface area contributed by atoms with Crippen molar-refractivity contribution in [1.82, 2.24) is 0 Å². The number of hydrogen-bond donors (Lipinski definition) is 0. The Morgan fingerprint density at radius 3 is 2.69 bits per heavy atom. The maximum absolute atomic E-state index is 11.0. The van der Waals surface area contributed by atoms with Crippen LogP contribution in [0.15, 0.2) is 0 Å². The van der Waals surface area contributed by atoms with Gasteiger partial charge in [0.1, 0.15) is 0 Å². The molecule has 0 spiro atoms. The first-order valence-electron chi connectivity index (χ1n) is 4.89. The van der Waals surface area contributed by atoms with E-state index in [1.165, 1.54) is 0 Å². The van der Waals surface area contributed by atoms with Crippen molar-refractivity contribution in [1.29, 1.82) is 0 Å². The summed E-state index contributed by atoms with van der Waals surface area (Å²) in [4.78, 5) is 11.0. The number of methoxy groups -OCH3 is 1. The van der Waals surface area contributed by atoms with Crippen LogP contribution in [0.1, 0.15) is 39.5 Å². The van der Waals surface area contributed by atoms with E-state index in [1.807, 2.05) is 6.92 Å². The minimum absolute atomic E-state index is 0.0925. The molecule has 0 aliphatic rings. The van der Waals surface area contributed by atoms with Gasteiger partial charge in [0.15, 0.2) is 0 Å². The monoisotopic (exact) mass is 188 g/mol. The van der Waals surface area contributed by atoms with Crippen molar-refractivity contribution in [2.45, 2.75) is 45.6 Å². The zero-order valence-corrected chi connectivity index (χ0v) is 8.84. The molecule has 3 nitrogen and oxygen atoms in total. The van der Waals surface area contributed by atoms with Crippen LogP contribution in [0.2, 0.25) is 0 Å². The lowest BCUT2D eigenvalue weighted by Gasteiger charge is -2.09. The summed E-state index contributed by atoms with van der Waals surface area (Å²) >= 11 is 0. The molecule has 0 N–H and O–H groups in total. The molecule has 1 atom stereocenters. The molecule has 0 heterocycles. The van der Waals surface area contributed by atoms with Crippen LogP contribution in [0, 0.1) is 0 Å². The summed E-state index contributed by atoms with van der Waals surface area (Å²) in [5.41, 5.74) is 0. The third kappa shape index (κ3) is 7.78. The Kier molecular flexibility index (Phi) is 7.69. The number of rotatable bonds is 7. The normalized spacial score (nSPS) is 12.5. The minimum atomic E-state index is -0.0925. The highest BCUT2D eigenvalue weighted by atomic mass is 16.5. The van der Waals surface area contributed by atoms with Crippen LogP contribution in [-0.4, -0.2) is 25.8 Å². The molecule has 0 amide bonds. The van der Waals surface area contributed by atoms with Gasteiger partial charge in [-0.25, -0.2) is 0 Å². The van der Waals surface area contributed by atoms with Crippen LogP contribution in [0.4, 0.5) is 0 Å². The summed E-state index contributed by atoms with van der Waals surface area (Å²) in [5.74, 6) is -0.0925. The summed E-state index contributed by atoms with van der Waals surface area (Å²) in [6, 6.07) is 0. The van der Waals surface area contributed by atoms with Crippen LogP contribution in [0.25, 0.3) is 0 Å². The van der Waals surface area contributed by atoms with E-state index >= 15 is 0 Å². The topological polar surface area (TPSA) is 35.5 Å². The van der Waals surface area contributed by atoms with Crippen molar-refractivity contribution in [2.24, 2.45) is 0 Å². The minimum Gasteiger partial charge on any atom is -0.466 e. The molecule has 0 aromatic heterocycles. The van der Waals surface area contributed by atoms with E-state index in [0.717, 1.165) is 19.3 Å². The van der Waals surface area contributed by atoms with Crippen LogP contribution in [0.3, 0.4) is 0 Å². The fraction of sp³-hybridized carbons (Fsp3) is 0.900. The van der Waals surface area contributed by atoms with Gasteiger partial charge in [-0.2, -0.15) is 0 Å². The summed E-state index contributed by atoms with van der Waals surface area (Å²) in [5, 5.41) is 0. The van der Waals surface area contributed by atoms with Gasteiger partial charge < -0.3 is 9.47 Å². The third-order valence-corrected chi connectivity index (χ3v) is 1.92. The molecule has 0 fully saturated rings. The maximum Gasteiger partial charge on any atom is 0.305 e. The van der Waals surface area contributed by atoms with Gasteiger partial charge in [-0.3, -0.25) is 4.79 Å². The maximum atomic E-state index is 11.0. The van der Waals surface area contributed by atoms with Crippen molar-refractivity contribution >= 4 is 5.97 Å². The average Bonchev–Trinajstić information content (AvgIpc) is 2.14. The first kappa shape index (κ1) is 12.4. The van der Waals surface area contributed by atoms with Gasteiger partial charge in [-0.15, -0.1) is 0 Å². The van der Waals surface area contributed by atoms with Crippen LogP contribution < -0.4 is 0 Å². The summed E-state index contributed by atoms with van der Waals surface area (Å²) in [6.45, 7) is 4.48. The highest BCUT2D eigenvalue weighted by molar-refractivity contribution is 5.69. The van der Waals surface area contributed by atoms with Gasteiger partial charge >= 0.3 is 5.97 Å². The molecule has 0 aromatic carbocycles. The quantitative estimate of drug-likeness (QED) is 0.574. The molecule has 1 unspecified atom stereocenters. The van der Waals surface area contributed by atoms with Crippen molar-refractivity contribution < 1.29 is 14.3 Å². The Hall–Kier alpha value is -0.570. The first-order valence-corrected chi connectivity index (χ1v) is 4.89. The van der Waals surface area contributed by atoms with Crippen LogP contribution >= 0.6 is 0 Å². The van der Waals surface area contributed by atoms with E-state index in [0.29, 0.717) is 13.0 Å². The number of esters is 1. The van der Waals surface area contributed by atoms with E-state index in [-0.39, 0.29) is 12.1 Å². The average molecular weight is 188 g/mol. The molecule has 0 saturated heterocycles. The molecule has 0 bridgehead atoms. The smallest absolute Gasteiger partial charge is 0.305 e. The summed E-state index contributed by atoms with van der Waals surface area (Å²) < 4.78 is 10.0. The molecule has 78 valence electrons. The molecule has 0 aliphatic carbocycles. The van der Waals surface area contributed by atoms with Gasteiger partial charge in [-0.1, -0.05) is 13.3 Å². The van der Waals surface area contributed by atoms with E-state index in [4.69, 9.17) is 9.47 Å². The van der Waals surface area contributed by atoms with Crippen LogP contribution in [0.5, 0.6) is 0 Å². The zero-order valence-electron chi connectivity index (χ0n) is 8.84. The number of unbranched alkanes of at least 4 members (excludes halogenated alkanes) is 1. The fourth-order valence-corrected chi connectivity index (χ4v) is 0.850. The van der Waals surface area contributed by atoms with E-state index in [9.17, 15) is 4.79 Å². The van der Waals surface area contributed by atoms with E-state index in [1.54, 1.807) is 7.11 Å².